The minimum atomic E-state index is -1.86. The van der Waals surface area contributed by atoms with Crippen molar-refractivity contribution < 1.29 is 20.4 Å². The van der Waals surface area contributed by atoms with Crippen molar-refractivity contribution >= 4 is 0 Å². The normalized spacial score (nSPS) is 16.4. The average molecular weight is 497 g/mol. The molecule has 4 N–H and O–H groups in total. The molecule has 0 saturated heterocycles. The van der Waals surface area contributed by atoms with Gasteiger partial charge in [-0.2, -0.15) is 0 Å². The van der Waals surface area contributed by atoms with Gasteiger partial charge in [0, 0.05) is 0 Å². The third kappa shape index (κ3) is 4.74. The number of hydrogen-bond donors (Lipinski definition) is 4. The van der Waals surface area contributed by atoms with E-state index in [2.05, 4.69) is 0 Å². The molecule has 0 aromatic heterocycles. The van der Waals surface area contributed by atoms with E-state index in [4.69, 9.17) is 0 Å². The standard InChI is InChI=1S/C33H36O4/c1-21-13-5-9-17-25(21)29(34)33(30(35)26-18-10-6-14-22(26)2,31(36)27-19-11-7-15-23(27)3)32(37)28-20-12-8-16-24(28)4/h5-20,29-32,34-37H,1-4H3. The van der Waals surface area contributed by atoms with Crippen LogP contribution in [0.3, 0.4) is 0 Å². The Morgan fingerprint density at radius 1 is 0.378 bits per heavy atom. The lowest BCUT2D eigenvalue weighted by Gasteiger charge is -2.49. The second-order valence-corrected chi connectivity index (χ2v) is 10.0. The first-order chi connectivity index (χ1) is 17.7. The quantitative estimate of drug-likeness (QED) is 0.236. The Hall–Kier alpha value is -3.28. The smallest absolute Gasteiger partial charge is 0.0934 e. The molecule has 192 valence electrons. The van der Waals surface area contributed by atoms with Crippen LogP contribution in [-0.4, -0.2) is 20.4 Å². The van der Waals surface area contributed by atoms with Crippen LogP contribution in [0.4, 0.5) is 0 Å². The van der Waals surface area contributed by atoms with Crippen LogP contribution in [0, 0.1) is 33.1 Å². The molecular weight excluding hydrogens is 460 g/mol. The van der Waals surface area contributed by atoms with Gasteiger partial charge in [-0.25, -0.2) is 0 Å². The van der Waals surface area contributed by atoms with Gasteiger partial charge < -0.3 is 20.4 Å². The van der Waals surface area contributed by atoms with Crippen molar-refractivity contribution in [1.82, 2.24) is 0 Å². The van der Waals surface area contributed by atoms with Crippen LogP contribution >= 0.6 is 0 Å². The maximum Gasteiger partial charge on any atom is 0.0934 e. The van der Waals surface area contributed by atoms with Gasteiger partial charge in [0.15, 0.2) is 0 Å². The predicted octanol–water partition coefficient (Wildman–Crippen LogP) is 6.14. The summed E-state index contributed by atoms with van der Waals surface area (Å²) >= 11 is 0. The molecule has 0 saturated carbocycles. The van der Waals surface area contributed by atoms with E-state index in [0.717, 1.165) is 22.3 Å². The molecule has 4 aromatic rings. The molecular formula is C33H36O4. The summed E-state index contributed by atoms with van der Waals surface area (Å²) in [5.41, 5.74) is 3.47. The fourth-order valence-electron chi connectivity index (χ4n) is 5.55. The molecule has 0 bridgehead atoms. The van der Waals surface area contributed by atoms with Gasteiger partial charge in [-0.1, -0.05) is 97.1 Å². The highest BCUT2D eigenvalue weighted by Gasteiger charge is 2.58. The van der Waals surface area contributed by atoms with E-state index in [1.807, 2.05) is 100 Å². The Balaban J connectivity index is 2.10. The SMILES string of the molecule is Cc1ccccc1C(O)C(C(O)c1ccccc1C)(C(O)c1ccccc1C)C(O)c1ccccc1C. The Morgan fingerprint density at radius 2 is 0.568 bits per heavy atom. The Bertz CT molecular complexity index is 1150. The van der Waals surface area contributed by atoms with Crippen molar-refractivity contribution in [3.05, 3.63) is 142 Å². The van der Waals surface area contributed by atoms with Gasteiger partial charge in [0.2, 0.25) is 0 Å². The predicted molar refractivity (Wildman–Crippen MR) is 147 cm³/mol. The summed E-state index contributed by atoms with van der Waals surface area (Å²) in [4.78, 5) is 0. The molecule has 0 aliphatic rings. The van der Waals surface area contributed by atoms with E-state index < -0.39 is 29.8 Å². The maximum absolute atomic E-state index is 12.3. The van der Waals surface area contributed by atoms with Crippen LogP contribution in [0.15, 0.2) is 97.1 Å². The number of benzene rings is 4. The lowest BCUT2D eigenvalue weighted by Crippen LogP contribution is -2.47. The van der Waals surface area contributed by atoms with Crippen molar-refractivity contribution in [3.63, 3.8) is 0 Å². The molecule has 4 nitrogen and oxygen atoms in total. The van der Waals surface area contributed by atoms with Crippen LogP contribution in [0.2, 0.25) is 0 Å². The molecule has 0 amide bonds. The van der Waals surface area contributed by atoms with Gasteiger partial charge in [0.25, 0.3) is 0 Å². The fraction of sp³-hybridized carbons (Fsp3) is 0.273. The highest BCUT2D eigenvalue weighted by atomic mass is 16.3. The molecule has 0 spiro atoms. The molecule has 4 aromatic carbocycles. The van der Waals surface area contributed by atoms with E-state index in [-0.39, 0.29) is 0 Å². The summed E-state index contributed by atoms with van der Waals surface area (Å²) in [6.07, 6.45) is -5.69. The zero-order valence-corrected chi connectivity index (χ0v) is 21.8. The number of aryl methyl sites for hydroxylation is 4. The number of aliphatic hydroxyl groups excluding tert-OH is 4. The molecule has 0 fully saturated rings. The van der Waals surface area contributed by atoms with Crippen LogP contribution in [-0.2, 0) is 0 Å². The number of hydrogen-bond acceptors (Lipinski definition) is 4. The van der Waals surface area contributed by atoms with E-state index >= 15 is 0 Å². The summed E-state index contributed by atoms with van der Waals surface area (Å²) in [6.45, 7) is 7.51. The first-order valence-electron chi connectivity index (χ1n) is 12.7. The van der Waals surface area contributed by atoms with Gasteiger partial charge >= 0.3 is 0 Å². The van der Waals surface area contributed by atoms with Gasteiger partial charge in [-0.05, 0) is 72.2 Å². The molecule has 37 heavy (non-hydrogen) atoms. The Kier molecular flexibility index (Phi) is 7.96. The third-order valence-corrected chi connectivity index (χ3v) is 7.83. The summed E-state index contributed by atoms with van der Waals surface area (Å²) in [7, 11) is 0. The van der Waals surface area contributed by atoms with Gasteiger partial charge in [0.1, 0.15) is 0 Å². The van der Waals surface area contributed by atoms with Crippen molar-refractivity contribution in [2.75, 3.05) is 0 Å². The topological polar surface area (TPSA) is 80.9 Å². The molecule has 0 heterocycles. The molecule has 4 unspecified atom stereocenters. The largest absolute Gasteiger partial charge is 0.387 e. The number of aliphatic hydroxyl groups is 4. The maximum atomic E-state index is 12.3. The minimum Gasteiger partial charge on any atom is -0.387 e. The molecule has 4 heteroatoms. The Labute approximate surface area is 219 Å². The van der Waals surface area contributed by atoms with E-state index in [9.17, 15) is 20.4 Å². The fourth-order valence-corrected chi connectivity index (χ4v) is 5.55. The van der Waals surface area contributed by atoms with Gasteiger partial charge in [-0.15, -0.1) is 0 Å². The van der Waals surface area contributed by atoms with Crippen molar-refractivity contribution in [3.8, 4) is 0 Å². The number of rotatable bonds is 8. The molecule has 4 atom stereocenters. The first kappa shape index (κ1) is 26.8. The zero-order chi connectivity index (χ0) is 26.7. The molecule has 0 aliphatic carbocycles. The molecule has 0 radical (unpaired) electrons. The van der Waals surface area contributed by atoms with Crippen LogP contribution in [0.25, 0.3) is 0 Å². The monoisotopic (exact) mass is 496 g/mol. The van der Waals surface area contributed by atoms with Crippen molar-refractivity contribution in [2.45, 2.75) is 52.1 Å². The first-order valence-corrected chi connectivity index (χ1v) is 12.7. The van der Waals surface area contributed by atoms with Gasteiger partial charge in [-0.3, -0.25) is 0 Å². The third-order valence-electron chi connectivity index (χ3n) is 7.83. The summed E-state index contributed by atoms with van der Waals surface area (Å²) in [5.74, 6) is 0. The van der Waals surface area contributed by atoms with E-state index in [1.165, 1.54) is 0 Å². The lowest BCUT2D eigenvalue weighted by molar-refractivity contribution is -0.205. The van der Waals surface area contributed by atoms with Crippen molar-refractivity contribution in [2.24, 2.45) is 5.41 Å². The zero-order valence-electron chi connectivity index (χ0n) is 21.8. The van der Waals surface area contributed by atoms with Crippen LogP contribution in [0.1, 0.15) is 68.9 Å². The minimum absolute atomic E-state index is 0.537. The van der Waals surface area contributed by atoms with E-state index in [1.54, 1.807) is 24.3 Å². The molecule has 4 rings (SSSR count). The second kappa shape index (κ2) is 11.0. The second-order valence-electron chi connectivity index (χ2n) is 10.0. The van der Waals surface area contributed by atoms with Gasteiger partial charge in [0.05, 0.1) is 29.8 Å². The van der Waals surface area contributed by atoms with E-state index in [0.29, 0.717) is 22.3 Å². The summed E-state index contributed by atoms with van der Waals surface area (Å²) in [5, 5.41) is 49.2. The van der Waals surface area contributed by atoms with Crippen LogP contribution in [0.5, 0.6) is 0 Å². The molecule has 0 aliphatic heterocycles. The highest BCUT2D eigenvalue weighted by molar-refractivity contribution is 5.41. The Morgan fingerprint density at radius 3 is 0.757 bits per heavy atom. The highest BCUT2D eigenvalue weighted by Crippen LogP contribution is 2.60. The summed E-state index contributed by atoms with van der Waals surface area (Å²) in [6, 6.07) is 29.4. The summed E-state index contributed by atoms with van der Waals surface area (Å²) < 4.78 is 0. The van der Waals surface area contributed by atoms with Crippen LogP contribution < -0.4 is 0 Å². The lowest BCUT2D eigenvalue weighted by atomic mass is 9.60. The van der Waals surface area contributed by atoms with Crippen molar-refractivity contribution in [1.29, 1.82) is 0 Å². The average Bonchev–Trinajstić information content (AvgIpc) is 2.89.